The van der Waals surface area contributed by atoms with Crippen LogP contribution in [0.2, 0.25) is 0 Å². The van der Waals surface area contributed by atoms with Gasteiger partial charge in [-0.1, -0.05) is 6.07 Å². The van der Waals surface area contributed by atoms with E-state index < -0.39 is 34.3 Å². The molecule has 2 rings (SSSR count). The lowest BCUT2D eigenvalue weighted by atomic mass is 10.1. The highest BCUT2D eigenvalue weighted by Crippen LogP contribution is 2.30. The number of nitrogens with zero attached hydrogens (tertiary/aromatic N) is 1. The van der Waals surface area contributed by atoms with Crippen LogP contribution in [-0.2, 0) is 14.8 Å². The van der Waals surface area contributed by atoms with Gasteiger partial charge < -0.3 is 19.5 Å². The number of methoxy groups -OCH3 is 3. The second-order valence-electron chi connectivity index (χ2n) is 6.46. The molecule has 0 radical (unpaired) electrons. The van der Waals surface area contributed by atoms with Crippen molar-refractivity contribution < 1.29 is 31.8 Å². The Kier molecular flexibility index (Phi) is 7.63. The van der Waals surface area contributed by atoms with Gasteiger partial charge in [-0.3, -0.25) is 4.79 Å². The van der Waals surface area contributed by atoms with E-state index in [0.29, 0.717) is 11.5 Å². The highest BCUT2D eigenvalue weighted by Gasteiger charge is 2.27. The Bertz CT molecular complexity index is 1010. The molecular weight excluding hydrogens is 415 g/mol. The average molecular weight is 440 g/mol. The van der Waals surface area contributed by atoms with Gasteiger partial charge in [0.25, 0.3) is 0 Å². The molecule has 0 aromatic heterocycles. The molecule has 0 unspecified atom stereocenters. The molecule has 8 nitrogen and oxygen atoms in total. The second kappa shape index (κ2) is 9.77. The molecule has 30 heavy (non-hydrogen) atoms. The maximum absolute atomic E-state index is 13.6. The number of ether oxygens (including phenoxy) is 3. The Balaban J connectivity index is 2.13. The first-order chi connectivity index (χ1) is 14.1. The lowest BCUT2D eigenvalue weighted by molar-refractivity contribution is -0.121. The van der Waals surface area contributed by atoms with Crippen LogP contribution in [0, 0.1) is 5.82 Å². The summed E-state index contributed by atoms with van der Waals surface area (Å²) in [7, 11) is 1.40. The van der Waals surface area contributed by atoms with Crippen molar-refractivity contribution in [2.45, 2.75) is 17.9 Å². The number of sulfonamides is 1. The molecule has 164 valence electrons. The molecule has 0 fully saturated rings. The number of halogens is 1. The zero-order valence-electron chi connectivity index (χ0n) is 17.4. The quantitative estimate of drug-likeness (QED) is 0.643. The summed E-state index contributed by atoms with van der Waals surface area (Å²) in [5.74, 6) is -0.209. The maximum Gasteiger partial charge on any atom is 0.247 e. The monoisotopic (exact) mass is 440 g/mol. The van der Waals surface area contributed by atoms with Crippen LogP contribution in [0.3, 0.4) is 0 Å². The summed E-state index contributed by atoms with van der Waals surface area (Å²) in [5, 5.41) is 2.73. The molecule has 0 saturated carbocycles. The van der Waals surface area contributed by atoms with Gasteiger partial charge in [-0.15, -0.1) is 0 Å². The molecule has 1 N–H and O–H groups in total. The minimum absolute atomic E-state index is 0.0117. The van der Waals surface area contributed by atoms with Crippen molar-refractivity contribution in [2.75, 3.05) is 34.9 Å². The van der Waals surface area contributed by atoms with E-state index in [0.717, 1.165) is 22.0 Å². The Morgan fingerprint density at radius 2 is 1.63 bits per heavy atom. The summed E-state index contributed by atoms with van der Waals surface area (Å²) in [4.78, 5) is 12.1. The smallest absolute Gasteiger partial charge is 0.247 e. The Labute approximate surface area is 175 Å². The van der Waals surface area contributed by atoms with E-state index in [9.17, 15) is 17.6 Å². The summed E-state index contributed by atoms with van der Waals surface area (Å²) in [6, 6.07) is 7.95. The topological polar surface area (TPSA) is 94.2 Å². The molecule has 2 aromatic carbocycles. The number of carbonyl (C=O) groups excluding carboxylic acids is 1. The van der Waals surface area contributed by atoms with E-state index in [1.165, 1.54) is 34.4 Å². The molecule has 1 amide bonds. The van der Waals surface area contributed by atoms with Gasteiger partial charge in [-0.2, -0.15) is 4.31 Å². The van der Waals surface area contributed by atoms with E-state index >= 15 is 0 Å². The fourth-order valence-electron chi connectivity index (χ4n) is 2.80. The van der Waals surface area contributed by atoms with E-state index in [4.69, 9.17) is 14.2 Å². The van der Waals surface area contributed by atoms with E-state index in [1.54, 1.807) is 25.1 Å². The van der Waals surface area contributed by atoms with Gasteiger partial charge in [0.1, 0.15) is 16.5 Å². The molecule has 1 atom stereocenters. The van der Waals surface area contributed by atoms with Crippen molar-refractivity contribution in [3.63, 3.8) is 0 Å². The minimum Gasteiger partial charge on any atom is -0.495 e. The molecule has 2 aromatic rings. The number of benzene rings is 2. The lowest BCUT2D eigenvalue weighted by Crippen LogP contribution is -2.39. The van der Waals surface area contributed by atoms with Crippen LogP contribution in [0.15, 0.2) is 41.3 Å². The van der Waals surface area contributed by atoms with Gasteiger partial charge in [0.15, 0.2) is 11.5 Å². The van der Waals surface area contributed by atoms with Crippen LogP contribution in [-0.4, -0.2) is 53.6 Å². The van der Waals surface area contributed by atoms with Crippen LogP contribution >= 0.6 is 0 Å². The third kappa shape index (κ3) is 5.19. The number of carbonyl (C=O) groups is 1. The summed E-state index contributed by atoms with van der Waals surface area (Å²) in [6.07, 6.45) is 0. The van der Waals surface area contributed by atoms with Crippen molar-refractivity contribution in [1.82, 2.24) is 9.62 Å². The Hall–Kier alpha value is -2.85. The Morgan fingerprint density at radius 1 is 1.03 bits per heavy atom. The van der Waals surface area contributed by atoms with Gasteiger partial charge >= 0.3 is 0 Å². The standard InChI is InChI=1S/C20H25FN2O6S/c1-13(14-6-8-16(27-3)18(10-14)29-5)22-20(24)12-23(2)30(25,26)19-11-15(21)7-9-17(19)28-4/h6-11,13H,12H2,1-5H3,(H,22,24)/t13-/m0/s1. The summed E-state index contributed by atoms with van der Waals surface area (Å²) in [6.45, 7) is 1.29. The first-order valence-corrected chi connectivity index (χ1v) is 10.4. The van der Waals surface area contributed by atoms with Crippen LogP contribution in [0.4, 0.5) is 4.39 Å². The van der Waals surface area contributed by atoms with Gasteiger partial charge in [0, 0.05) is 7.05 Å². The Morgan fingerprint density at radius 3 is 2.23 bits per heavy atom. The van der Waals surface area contributed by atoms with Crippen molar-refractivity contribution in [3.05, 3.63) is 47.8 Å². The highest BCUT2D eigenvalue weighted by molar-refractivity contribution is 7.89. The van der Waals surface area contributed by atoms with Gasteiger partial charge in [0.05, 0.1) is 33.9 Å². The third-order valence-electron chi connectivity index (χ3n) is 4.47. The van der Waals surface area contributed by atoms with Gasteiger partial charge in [-0.25, -0.2) is 12.8 Å². The molecule has 0 heterocycles. The first kappa shape index (κ1) is 23.4. The SMILES string of the molecule is COc1ccc([C@H](C)NC(=O)CN(C)S(=O)(=O)c2cc(F)ccc2OC)cc1OC. The van der Waals surface area contributed by atoms with Gasteiger partial charge in [-0.05, 0) is 42.8 Å². The maximum atomic E-state index is 13.6. The zero-order chi connectivity index (χ0) is 22.5. The zero-order valence-corrected chi connectivity index (χ0v) is 18.2. The van der Waals surface area contributed by atoms with Crippen molar-refractivity contribution in [3.8, 4) is 17.2 Å². The largest absolute Gasteiger partial charge is 0.495 e. The second-order valence-corrected chi connectivity index (χ2v) is 8.47. The van der Waals surface area contributed by atoms with Crippen LogP contribution in [0.5, 0.6) is 17.2 Å². The van der Waals surface area contributed by atoms with Crippen LogP contribution in [0.25, 0.3) is 0 Å². The van der Waals surface area contributed by atoms with Gasteiger partial charge in [0.2, 0.25) is 15.9 Å². The van der Waals surface area contributed by atoms with E-state index in [2.05, 4.69) is 5.32 Å². The lowest BCUT2D eigenvalue weighted by Gasteiger charge is -2.21. The number of rotatable bonds is 9. The number of hydrogen-bond donors (Lipinski definition) is 1. The number of likely N-dealkylation sites (N-methyl/N-ethyl adjacent to an activating group) is 1. The average Bonchev–Trinajstić information content (AvgIpc) is 2.72. The molecule has 0 spiro atoms. The predicted octanol–water partition coefficient (Wildman–Crippen LogP) is 2.35. The van der Waals surface area contributed by atoms with Crippen molar-refractivity contribution >= 4 is 15.9 Å². The van der Waals surface area contributed by atoms with Crippen LogP contribution in [0.1, 0.15) is 18.5 Å². The normalized spacial score (nSPS) is 12.4. The number of nitrogens with one attached hydrogen (secondary N) is 1. The minimum atomic E-state index is -4.15. The van der Waals surface area contributed by atoms with E-state index in [1.807, 2.05) is 0 Å². The number of hydrogen-bond acceptors (Lipinski definition) is 6. The first-order valence-electron chi connectivity index (χ1n) is 8.95. The summed E-state index contributed by atoms with van der Waals surface area (Å²) < 4.78 is 55.4. The predicted molar refractivity (Wildman–Crippen MR) is 109 cm³/mol. The molecular formula is C20H25FN2O6S. The van der Waals surface area contributed by atoms with E-state index in [-0.39, 0.29) is 10.6 Å². The van der Waals surface area contributed by atoms with Crippen molar-refractivity contribution in [1.29, 1.82) is 0 Å². The van der Waals surface area contributed by atoms with Crippen molar-refractivity contribution in [2.24, 2.45) is 0 Å². The molecule has 0 aliphatic rings. The molecule has 0 bridgehead atoms. The molecule has 0 aliphatic carbocycles. The molecule has 0 saturated heterocycles. The fourth-order valence-corrected chi connectivity index (χ4v) is 4.09. The summed E-state index contributed by atoms with van der Waals surface area (Å²) >= 11 is 0. The summed E-state index contributed by atoms with van der Waals surface area (Å²) in [5.41, 5.74) is 0.748. The number of amides is 1. The fraction of sp³-hybridized carbons (Fsp3) is 0.350. The highest BCUT2D eigenvalue weighted by atomic mass is 32.2. The van der Waals surface area contributed by atoms with Crippen LogP contribution < -0.4 is 19.5 Å². The third-order valence-corrected chi connectivity index (χ3v) is 6.29. The molecule has 10 heteroatoms. The molecule has 0 aliphatic heterocycles.